The predicted molar refractivity (Wildman–Crippen MR) is 98.5 cm³/mol. The van der Waals surface area contributed by atoms with E-state index in [0.717, 1.165) is 47.8 Å². The lowest BCUT2D eigenvalue weighted by Gasteiger charge is -2.32. The smallest absolute Gasteiger partial charge is 0.253 e. The van der Waals surface area contributed by atoms with Gasteiger partial charge >= 0.3 is 0 Å². The first-order valence-electron chi connectivity index (χ1n) is 8.14. The van der Waals surface area contributed by atoms with Crippen LogP contribution in [0, 0.1) is 0 Å². The van der Waals surface area contributed by atoms with Crippen LogP contribution in [0.1, 0.15) is 10.4 Å². The number of likely N-dealkylation sites (N-methyl/N-ethyl adjacent to an activating group) is 1. The molecule has 0 unspecified atom stereocenters. The monoisotopic (exact) mass is 337 g/mol. The van der Waals surface area contributed by atoms with Crippen molar-refractivity contribution in [2.75, 3.05) is 33.2 Å². The molecule has 0 saturated carbocycles. The van der Waals surface area contributed by atoms with Crippen molar-refractivity contribution in [2.45, 2.75) is 0 Å². The van der Waals surface area contributed by atoms with Gasteiger partial charge in [0.1, 0.15) is 5.01 Å². The maximum absolute atomic E-state index is 12.6. The van der Waals surface area contributed by atoms with Crippen molar-refractivity contribution in [1.82, 2.24) is 14.8 Å². The van der Waals surface area contributed by atoms with Crippen molar-refractivity contribution in [2.24, 2.45) is 0 Å². The molecule has 0 aliphatic carbocycles. The molecule has 0 spiro atoms. The Labute approximate surface area is 145 Å². The van der Waals surface area contributed by atoms with E-state index in [4.69, 9.17) is 0 Å². The van der Waals surface area contributed by atoms with E-state index >= 15 is 0 Å². The van der Waals surface area contributed by atoms with Crippen LogP contribution in [0.25, 0.3) is 20.8 Å². The van der Waals surface area contributed by atoms with Crippen molar-refractivity contribution in [3.05, 3.63) is 54.1 Å². The highest BCUT2D eigenvalue weighted by molar-refractivity contribution is 7.21. The molecular formula is C19H19N3OS. The third-order valence-electron chi connectivity index (χ3n) is 4.46. The molecule has 2 heterocycles. The largest absolute Gasteiger partial charge is 0.336 e. The van der Waals surface area contributed by atoms with Gasteiger partial charge in [0.2, 0.25) is 0 Å². The van der Waals surface area contributed by atoms with Crippen LogP contribution in [-0.4, -0.2) is 53.9 Å². The predicted octanol–water partition coefficient (Wildman–Crippen LogP) is 3.35. The van der Waals surface area contributed by atoms with E-state index in [-0.39, 0.29) is 5.91 Å². The van der Waals surface area contributed by atoms with Crippen molar-refractivity contribution in [3.63, 3.8) is 0 Å². The fourth-order valence-corrected chi connectivity index (χ4v) is 3.91. The Kier molecular flexibility index (Phi) is 4.04. The topological polar surface area (TPSA) is 36.4 Å². The summed E-state index contributed by atoms with van der Waals surface area (Å²) in [6.45, 7) is 3.48. The van der Waals surface area contributed by atoms with Gasteiger partial charge in [-0.2, -0.15) is 0 Å². The number of fused-ring (bicyclic) bond motifs is 1. The van der Waals surface area contributed by atoms with Gasteiger partial charge in [-0.3, -0.25) is 4.79 Å². The summed E-state index contributed by atoms with van der Waals surface area (Å²) in [6, 6.07) is 16.0. The number of nitrogens with zero attached hydrogens (tertiary/aromatic N) is 3. The molecule has 1 fully saturated rings. The van der Waals surface area contributed by atoms with Crippen molar-refractivity contribution in [1.29, 1.82) is 0 Å². The van der Waals surface area contributed by atoms with Crippen LogP contribution in [0.3, 0.4) is 0 Å². The van der Waals surface area contributed by atoms with Gasteiger partial charge < -0.3 is 9.80 Å². The minimum absolute atomic E-state index is 0.124. The zero-order valence-corrected chi connectivity index (χ0v) is 14.4. The molecule has 1 aromatic heterocycles. The van der Waals surface area contributed by atoms with E-state index in [1.807, 2.05) is 47.4 Å². The molecule has 1 aliphatic heterocycles. The van der Waals surface area contributed by atoms with Crippen LogP contribution >= 0.6 is 11.3 Å². The van der Waals surface area contributed by atoms with Gasteiger partial charge in [-0.05, 0) is 31.3 Å². The van der Waals surface area contributed by atoms with Crippen LogP contribution in [0.15, 0.2) is 48.5 Å². The van der Waals surface area contributed by atoms with E-state index in [0.29, 0.717) is 0 Å². The number of hydrogen-bond acceptors (Lipinski definition) is 4. The molecular weight excluding hydrogens is 318 g/mol. The Morgan fingerprint density at radius 2 is 1.71 bits per heavy atom. The Bertz CT molecular complexity index is 831. The quantitative estimate of drug-likeness (QED) is 0.719. The van der Waals surface area contributed by atoms with Crippen LogP contribution in [0.2, 0.25) is 0 Å². The molecule has 4 rings (SSSR count). The summed E-state index contributed by atoms with van der Waals surface area (Å²) in [4.78, 5) is 21.4. The zero-order valence-electron chi connectivity index (χ0n) is 13.6. The summed E-state index contributed by atoms with van der Waals surface area (Å²) in [5.74, 6) is 0.124. The van der Waals surface area contributed by atoms with Crippen molar-refractivity contribution < 1.29 is 4.79 Å². The lowest BCUT2D eigenvalue weighted by molar-refractivity contribution is 0.0664. The Balaban J connectivity index is 1.55. The molecule has 2 aromatic carbocycles. The molecule has 0 atom stereocenters. The van der Waals surface area contributed by atoms with E-state index < -0.39 is 0 Å². The summed E-state index contributed by atoms with van der Waals surface area (Å²) in [5, 5.41) is 0.995. The number of piperazine rings is 1. The van der Waals surface area contributed by atoms with Crippen LogP contribution in [0.4, 0.5) is 0 Å². The molecule has 1 amide bonds. The fourth-order valence-electron chi connectivity index (χ4n) is 2.94. The molecule has 3 aromatic rings. The van der Waals surface area contributed by atoms with Crippen molar-refractivity contribution in [3.8, 4) is 10.6 Å². The summed E-state index contributed by atoms with van der Waals surface area (Å²) in [6.07, 6.45) is 0. The van der Waals surface area contributed by atoms with Crippen LogP contribution in [-0.2, 0) is 0 Å². The van der Waals surface area contributed by atoms with E-state index in [2.05, 4.69) is 23.0 Å². The van der Waals surface area contributed by atoms with E-state index in [1.54, 1.807) is 11.3 Å². The Hall–Kier alpha value is -2.24. The molecule has 0 radical (unpaired) electrons. The number of thiazole rings is 1. The second-order valence-corrected chi connectivity index (χ2v) is 7.19. The zero-order chi connectivity index (χ0) is 16.5. The minimum atomic E-state index is 0.124. The summed E-state index contributed by atoms with van der Waals surface area (Å²) < 4.78 is 1.19. The third-order valence-corrected chi connectivity index (χ3v) is 5.55. The normalized spacial score (nSPS) is 15.8. The second-order valence-electron chi connectivity index (χ2n) is 6.16. The second kappa shape index (κ2) is 6.34. The molecule has 1 aliphatic rings. The molecule has 24 heavy (non-hydrogen) atoms. The number of benzene rings is 2. The average molecular weight is 337 g/mol. The highest BCUT2D eigenvalue weighted by Gasteiger charge is 2.20. The van der Waals surface area contributed by atoms with Gasteiger partial charge in [0.05, 0.1) is 10.2 Å². The highest BCUT2D eigenvalue weighted by atomic mass is 32.1. The minimum Gasteiger partial charge on any atom is -0.336 e. The SMILES string of the molecule is CN1CCN(C(=O)c2ccc(-c3nc4ccccc4s3)cc2)CC1. The first-order valence-corrected chi connectivity index (χ1v) is 8.96. The number of para-hydroxylation sites is 1. The van der Waals surface area contributed by atoms with Gasteiger partial charge in [-0.15, -0.1) is 11.3 Å². The van der Waals surface area contributed by atoms with Gasteiger partial charge in [-0.25, -0.2) is 4.98 Å². The lowest BCUT2D eigenvalue weighted by atomic mass is 10.1. The van der Waals surface area contributed by atoms with E-state index in [9.17, 15) is 4.79 Å². The summed E-state index contributed by atoms with van der Waals surface area (Å²) in [7, 11) is 2.09. The van der Waals surface area contributed by atoms with Gasteiger partial charge in [0.15, 0.2) is 0 Å². The number of hydrogen-bond donors (Lipinski definition) is 0. The molecule has 122 valence electrons. The lowest BCUT2D eigenvalue weighted by Crippen LogP contribution is -2.47. The Morgan fingerprint density at radius 3 is 2.42 bits per heavy atom. The molecule has 0 N–H and O–H groups in total. The number of carbonyl (C=O) groups excluding carboxylic acids is 1. The van der Waals surface area contributed by atoms with Gasteiger partial charge in [0.25, 0.3) is 5.91 Å². The maximum Gasteiger partial charge on any atom is 0.253 e. The Morgan fingerprint density at radius 1 is 1.00 bits per heavy atom. The van der Waals surface area contributed by atoms with Gasteiger partial charge in [-0.1, -0.05) is 24.3 Å². The fraction of sp³-hybridized carbons (Fsp3) is 0.263. The number of carbonyl (C=O) groups is 1. The standard InChI is InChI=1S/C19H19N3OS/c1-21-10-12-22(13-11-21)19(23)15-8-6-14(7-9-15)18-20-16-4-2-3-5-17(16)24-18/h2-9H,10-13H2,1H3. The van der Waals surface area contributed by atoms with Gasteiger partial charge in [0, 0.05) is 37.3 Å². The number of aromatic nitrogens is 1. The van der Waals surface area contributed by atoms with Crippen LogP contribution < -0.4 is 0 Å². The third kappa shape index (κ3) is 2.92. The average Bonchev–Trinajstić information content (AvgIpc) is 3.06. The highest BCUT2D eigenvalue weighted by Crippen LogP contribution is 2.30. The van der Waals surface area contributed by atoms with E-state index in [1.165, 1.54) is 4.70 Å². The first-order chi connectivity index (χ1) is 11.7. The first kappa shape index (κ1) is 15.3. The molecule has 0 bridgehead atoms. The van der Waals surface area contributed by atoms with Crippen LogP contribution in [0.5, 0.6) is 0 Å². The molecule has 4 nitrogen and oxygen atoms in total. The molecule has 1 saturated heterocycles. The summed E-state index contributed by atoms with van der Waals surface area (Å²) in [5.41, 5.74) is 2.84. The molecule has 5 heteroatoms. The summed E-state index contributed by atoms with van der Waals surface area (Å²) >= 11 is 1.68. The number of amides is 1. The van der Waals surface area contributed by atoms with Crippen molar-refractivity contribution >= 4 is 27.5 Å². The number of rotatable bonds is 2. The maximum atomic E-state index is 12.6.